The van der Waals surface area contributed by atoms with Gasteiger partial charge in [-0.2, -0.15) is 0 Å². The van der Waals surface area contributed by atoms with Gasteiger partial charge >= 0.3 is 7.82 Å². The Kier molecular flexibility index (Phi) is 19.8. The lowest BCUT2D eigenvalue weighted by Gasteiger charge is -1.82. The summed E-state index contributed by atoms with van der Waals surface area (Å²) in [4.78, 5) is 32.2. The molecule has 0 radical (unpaired) electrons. The first-order valence-electron chi connectivity index (χ1n) is 2.33. The molecule has 0 aliphatic rings. The van der Waals surface area contributed by atoms with Crippen molar-refractivity contribution in [3.63, 3.8) is 0 Å². The zero-order chi connectivity index (χ0) is 8.74. The molecule has 1 heterocycles. The number of nitrogens with zero attached hydrogens (tertiary/aromatic N) is 3. The minimum atomic E-state index is -4.64. The van der Waals surface area contributed by atoms with Gasteiger partial charge in [0.2, 0.25) is 0 Å². The minimum Gasteiger partial charge on any atom is -0.344 e. The van der Waals surface area contributed by atoms with Crippen molar-refractivity contribution in [3.05, 3.63) is 19.0 Å². The lowest BCUT2D eigenvalue weighted by Crippen LogP contribution is -1.73. The number of hydrogen-bond acceptors (Lipinski definition) is 7. The molecule has 0 aliphatic heterocycles. The van der Waals surface area contributed by atoms with Crippen LogP contribution in [0, 0.1) is 0 Å². The van der Waals surface area contributed by atoms with E-state index in [9.17, 15) is 0 Å². The van der Waals surface area contributed by atoms with E-state index in [1.807, 2.05) is 0 Å². The standard InChI is InChI=1S/C3H3N3.3H3N.H3O4P/c1-4-2-6-3-5-1;;;;1-5(2,3)4/h1-3H;3*1H3;(H3,1,2,3,4). The molecule has 0 unspecified atom stereocenters. The molecule has 0 aliphatic carbocycles. The van der Waals surface area contributed by atoms with Crippen molar-refractivity contribution < 1.29 is 19.2 Å². The molecule has 0 fully saturated rings. The van der Waals surface area contributed by atoms with E-state index in [4.69, 9.17) is 19.2 Å². The molecule has 12 N–H and O–H groups in total. The molecule has 86 valence electrons. The fourth-order valence-corrected chi connectivity index (χ4v) is 0.205. The Morgan fingerprint density at radius 2 is 0.929 bits per heavy atom. The summed E-state index contributed by atoms with van der Waals surface area (Å²) in [7, 11) is -4.64. The van der Waals surface area contributed by atoms with Crippen LogP contribution in [0.1, 0.15) is 0 Å². The van der Waals surface area contributed by atoms with Gasteiger partial charge in [0.15, 0.2) is 0 Å². The molecule has 0 saturated carbocycles. The van der Waals surface area contributed by atoms with Gasteiger partial charge < -0.3 is 33.1 Å². The van der Waals surface area contributed by atoms with E-state index in [2.05, 4.69) is 15.0 Å². The Morgan fingerprint density at radius 3 is 1.00 bits per heavy atom. The maximum atomic E-state index is 8.88. The second-order valence-electron chi connectivity index (χ2n) is 1.31. The van der Waals surface area contributed by atoms with Crippen LogP contribution in [0.2, 0.25) is 0 Å². The summed E-state index contributed by atoms with van der Waals surface area (Å²) in [6.07, 6.45) is 4.31. The highest BCUT2D eigenvalue weighted by molar-refractivity contribution is 7.45. The van der Waals surface area contributed by atoms with E-state index in [0.717, 1.165) is 0 Å². The van der Waals surface area contributed by atoms with E-state index in [1.54, 1.807) is 0 Å². The molecular formula is C3H15N6O4P. The first-order valence-corrected chi connectivity index (χ1v) is 3.90. The molecule has 0 amide bonds. The van der Waals surface area contributed by atoms with Crippen LogP contribution in [-0.2, 0) is 4.57 Å². The van der Waals surface area contributed by atoms with Gasteiger partial charge in [-0.15, -0.1) is 0 Å². The fraction of sp³-hybridized carbons (Fsp3) is 0. The van der Waals surface area contributed by atoms with Crippen molar-refractivity contribution in [2.75, 3.05) is 0 Å². The van der Waals surface area contributed by atoms with Gasteiger partial charge in [-0.25, -0.2) is 19.5 Å². The molecule has 1 aromatic heterocycles. The highest BCUT2D eigenvalue weighted by atomic mass is 31.2. The Balaban J connectivity index is -0.0000000597. The SMILES string of the molecule is N.N.N.O=P(O)(O)O.c1ncncn1. The largest absolute Gasteiger partial charge is 0.466 e. The lowest BCUT2D eigenvalue weighted by molar-refractivity contribution is 0.275. The van der Waals surface area contributed by atoms with Gasteiger partial charge in [-0.3, -0.25) is 0 Å². The van der Waals surface area contributed by atoms with Crippen molar-refractivity contribution in [1.82, 2.24) is 33.4 Å². The van der Waals surface area contributed by atoms with Gasteiger partial charge in [-0.05, 0) is 0 Å². The molecule has 11 heteroatoms. The fourth-order valence-electron chi connectivity index (χ4n) is 0.205. The normalized spacial score (nSPS) is 7.64. The third-order valence-electron chi connectivity index (χ3n) is 0.400. The monoisotopic (exact) mass is 230 g/mol. The second kappa shape index (κ2) is 12.0. The topological polar surface area (TPSA) is 221 Å². The summed E-state index contributed by atoms with van der Waals surface area (Å²) >= 11 is 0. The zero-order valence-electron chi connectivity index (χ0n) is 7.39. The second-order valence-corrected chi connectivity index (χ2v) is 2.33. The molecule has 10 nitrogen and oxygen atoms in total. The number of hydrogen-bond donors (Lipinski definition) is 6. The molecule has 0 aromatic carbocycles. The zero-order valence-corrected chi connectivity index (χ0v) is 8.29. The highest BCUT2D eigenvalue weighted by Crippen LogP contribution is 2.25. The van der Waals surface area contributed by atoms with E-state index < -0.39 is 7.82 Å². The Labute approximate surface area is 80.4 Å². The summed E-state index contributed by atoms with van der Waals surface area (Å²) in [5, 5.41) is 0. The third kappa shape index (κ3) is 44.0. The van der Waals surface area contributed by atoms with Crippen LogP contribution in [0.25, 0.3) is 0 Å². The van der Waals surface area contributed by atoms with E-state index in [-0.39, 0.29) is 18.5 Å². The molecule has 1 aromatic rings. The minimum absolute atomic E-state index is 0. The van der Waals surface area contributed by atoms with Gasteiger partial charge in [0.1, 0.15) is 19.0 Å². The molecule has 14 heavy (non-hydrogen) atoms. The van der Waals surface area contributed by atoms with E-state index in [0.29, 0.717) is 0 Å². The first-order chi connectivity index (χ1) is 5.00. The molecule has 1 rings (SSSR count). The summed E-state index contributed by atoms with van der Waals surface area (Å²) in [5.41, 5.74) is 0. The van der Waals surface area contributed by atoms with Gasteiger partial charge in [0, 0.05) is 0 Å². The average Bonchev–Trinajstić information content (AvgIpc) is 1.88. The predicted octanol–water partition coefficient (Wildman–Crippen LogP) is -0.571. The first kappa shape index (κ1) is 23.1. The number of phosphoric acid groups is 1. The van der Waals surface area contributed by atoms with Crippen LogP contribution in [0.15, 0.2) is 19.0 Å². The highest BCUT2D eigenvalue weighted by Gasteiger charge is 2.00. The van der Waals surface area contributed by atoms with E-state index >= 15 is 0 Å². The van der Waals surface area contributed by atoms with Crippen molar-refractivity contribution in [2.45, 2.75) is 0 Å². The summed E-state index contributed by atoms with van der Waals surface area (Å²) in [6, 6.07) is 0. The molecular weight excluding hydrogens is 215 g/mol. The summed E-state index contributed by atoms with van der Waals surface area (Å²) in [6.45, 7) is 0. The number of aromatic nitrogens is 3. The van der Waals surface area contributed by atoms with Crippen LogP contribution >= 0.6 is 7.82 Å². The molecule has 0 saturated heterocycles. The Morgan fingerprint density at radius 1 is 0.786 bits per heavy atom. The van der Waals surface area contributed by atoms with Crippen LogP contribution in [-0.4, -0.2) is 29.6 Å². The van der Waals surface area contributed by atoms with Crippen LogP contribution in [0.5, 0.6) is 0 Å². The summed E-state index contributed by atoms with van der Waals surface area (Å²) < 4.78 is 8.88. The maximum Gasteiger partial charge on any atom is 0.466 e. The smallest absolute Gasteiger partial charge is 0.344 e. The van der Waals surface area contributed by atoms with Crippen molar-refractivity contribution in [2.24, 2.45) is 0 Å². The Bertz CT molecular complexity index is 193. The average molecular weight is 230 g/mol. The maximum absolute atomic E-state index is 8.88. The molecule has 0 atom stereocenters. The predicted molar refractivity (Wildman–Crippen MR) is 49.2 cm³/mol. The van der Waals surface area contributed by atoms with Crippen LogP contribution in [0.3, 0.4) is 0 Å². The third-order valence-corrected chi connectivity index (χ3v) is 0.400. The van der Waals surface area contributed by atoms with Gasteiger partial charge in [0.25, 0.3) is 0 Å². The molecule has 0 bridgehead atoms. The van der Waals surface area contributed by atoms with Crippen molar-refractivity contribution in [3.8, 4) is 0 Å². The van der Waals surface area contributed by atoms with Crippen molar-refractivity contribution in [1.29, 1.82) is 0 Å². The van der Waals surface area contributed by atoms with E-state index in [1.165, 1.54) is 19.0 Å². The number of rotatable bonds is 0. The summed E-state index contributed by atoms with van der Waals surface area (Å²) in [5.74, 6) is 0. The molecule has 0 spiro atoms. The lowest BCUT2D eigenvalue weighted by atomic mass is 11.1. The van der Waals surface area contributed by atoms with Gasteiger partial charge in [0.05, 0.1) is 0 Å². The van der Waals surface area contributed by atoms with Gasteiger partial charge in [-0.1, -0.05) is 0 Å². The van der Waals surface area contributed by atoms with Crippen LogP contribution in [0.4, 0.5) is 0 Å². The van der Waals surface area contributed by atoms with Crippen LogP contribution < -0.4 is 18.5 Å². The Hall–Kier alpha value is -1.00. The quantitative estimate of drug-likeness (QED) is 0.311. The van der Waals surface area contributed by atoms with Crippen molar-refractivity contribution >= 4 is 7.82 Å².